The molecule has 0 aromatic heterocycles. The number of hydrogen-bond acceptors (Lipinski definition) is 8. The first kappa shape index (κ1) is 38.7. The number of unbranched alkanes of at least 4 members (excludes halogenated alkanes) is 3. The lowest BCUT2D eigenvalue weighted by Gasteiger charge is -2.36. The Hall–Kier alpha value is -4.52. The molecule has 1 aliphatic rings. The highest BCUT2D eigenvalue weighted by Crippen LogP contribution is 2.40. The van der Waals surface area contributed by atoms with Crippen molar-refractivity contribution in [1.82, 2.24) is 10.8 Å². The van der Waals surface area contributed by atoms with Crippen LogP contribution >= 0.6 is 11.8 Å². The molecule has 52 heavy (non-hydrogen) atoms. The number of anilines is 1. The van der Waals surface area contributed by atoms with Gasteiger partial charge in [-0.3, -0.25) is 19.6 Å². The fraction of sp³-hybridized carbons (Fsp3) is 0.341. The molecular formula is C41H47N3O7S. The highest BCUT2D eigenvalue weighted by Gasteiger charge is 2.32. The van der Waals surface area contributed by atoms with E-state index in [1.54, 1.807) is 17.2 Å². The van der Waals surface area contributed by atoms with Crippen molar-refractivity contribution in [2.75, 3.05) is 11.1 Å². The predicted molar refractivity (Wildman–Crippen MR) is 201 cm³/mol. The minimum Gasteiger partial charge on any atom is -0.392 e. The third-order valence-electron chi connectivity index (χ3n) is 8.82. The summed E-state index contributed by atoms with van der Waals surface area (Å²) in [4.78, 5) is 36.1. The van der Waals surface area contributed by atoms with Crippen molar-refractivity contribution in [1.29, 1.82) is 0 Å². The van der Waals surface area contributed by atoms with Crippen LogP contribution in [0.2, 0.25) is 0 Å². The van der Waals surface area contributed by atoms with Gasteiger partial charge >= 0.3 is 0 Å². The molecule has 5 rings (SSSR count). The zero-order valence-corrected chi connectivity index (χ0v) is 30.2. The van der Waals surface area contributed by atoms with Crippen LogP contribution in [0.1, 0.15) is 86.5 Å². The van der Waals surface area contributed by atoms with Crippen molar-refractivity contribution in [2.45, 2.75) is 88.4 Å². The Balaban J connectivity index is 1.22. The lowest BCUT2D eigenvalue weighted by Crippen LogP contribution is -2.31. The normalized spacial score (nSPS) is 16.9. The van der Waals surface area contributed by atoms with Gasteiger partial charge in [0, 0.05) is 54.6 Å². The average Bonchev–Trinajstić information content (AvgIpc) is 3.18. The number of benzene rings is 4. The number of nitrogens with one attached hydrogen (secondary N) is 3. The third-order valence-corrected chi connectivity index (χ3v) is 9.96. The van der Waals surface area contributed by atoms with Crippen molar-refractivity contribution in [3.63, 3.8) is 0 Å². The fourth-order valence-electron chi connectivity index (χ4n) is 6.04. The van der Waals surface area contributed by atoms with E-state index in [1.807, 2.05) is 78.9 Å². The molecule has 1 fully saturated rings. The maximum Gasteiger partial charge on any atom is 0.243 e. The van der Waals surface area contributed by atoms with Crippen molar-refractivity contribution in [3.05, 3.63) is 119 Å². The molecule has 0 saturated carbocycles. The standard InChI is InChI=1S/C41H47N3O7S/c1-28(46)43-35-18-20-37(21-19-35)52-27-36-24-38(31-16-14-29(26-45)15-17-31)51-41(50-36)34-11-7-10-33(23-34)32-9-6-8-30(22-32)25-42-39(47)12-4-2-3-5-13-40(48)44-49/h6-11,14-23,36,38,41,45,49H,2-5,12-13,24-27H2,1H3,(H,42,47)(H,43,46)(H,44,48)/t36-,38+,41+/m0/s1. The van der Waals surface area contributed by atoms with E-state index < -0.39 is 6.29 Å². The van der Waals surface area contributed by atoms with Gasteiger partial charge in [-0.05, 0) is 77.1 Å². The van der Waals surface area contributed by atoms with Crippen LogP contribution in [-0.2, 0) is 37.0 Å². The van der Waals surface area contributed by atoms with E-state index >= 15 is 0 Å². The van der Waals surface area contributed by atoms with E-state index in [0.29, 0.717) is 31.6 Å². The lowest BCUT2D eigenvalue weighted by molar-refractivity contribution is -0.245. The summed E-state index contributed by atoms with van der Waals surface area (Å²) in [5, 5.41) is 24.0. The summed E-state index contributed by atoms with van der Waals surface area (Å²) in [6.07, 6.45) is 3.55. The van der Waals surface area contributed by atoms with E-state index in [2.05, 4.69) is 28.8 Å². The van der Waals surface area contributed by atoms with Gasteiger partial charge in [0.15, 0.2) is 6.29 Å². The molecule has 0 unspecified atom stereocenters. The minimum absolute atomic E-state index is 0.0117. The summed E-state index contributed by atoms with van der Waals surface area (Å²) < 4.78 is 13.2. The van der Waals surface area contributed by atoms with Crippen LogP contribution in [0.4, 0.5) is 5.69 Å². The van der Waals surface area contributed by atoms with E-state index in [-0.39, 0.29) is 43.0 Å². The number of carbonyl (C=O) groups excluding carboxylic acids is 3. The molecule has 0 bridgehead atoms. The molecule has 11 heteroatoms. The Bertz CT molecular complexity index is 1770. The molecule has 1 heterocycles. The third kappa shape index (κ3) is 12.0. The highest BCUT2D eigenvalue weighted by atomic mass is 32.2. The van der Waals surface area contributed by atoms with Gasteiger partial charge in [0.25, 0.3) is 0 Å². The zero-order valence-electron chi connectivity index (χ0n) is 29.4. The Morgan fingerprint density at radius 1 is 0.769 bits per heavy atom. The number of thioether (sulfide) groups is 1. The first-order valence-electron chi connectivity index (χ1n) is 17.7. The topological polar surface area (TPSA) is 146 Å². The molecule has 274 valence electrons. The summed E-state index contributed by atoms with van der Waals surface area (Å²) in [7, 11) is 0. The number of hydroxylamine groups is 1. The number of hydrogen-bond donors (Lipinski definition) is 5. The number of rotatable bonds is 17. The second kappa shape index (κ2) is 19.9. The Morgan fingerprint density at radius 2 is 1.46 bits per heavy atom. The van der Waals surface area contributed by atoms with Crippen LogP contribution < -0.4 is 16.1 Å². The van der Waals surface area contributed by atoms with Crippen molar-refractivity contribution in [3.8, 4) is 11.1 Å². The fourth-order valence-corrected chi connectivity index (χ4v) is 6.97. The van der Waals surface area contributed by atoms with Crippen LogP contribution in [0, 0.1) is 0 Å². The maximum absolute atomic E-state index is 12.5. The molecule has 3 amide bonds. The second-order valence-corrected chi connectivity index (χ2v) is 14.0. The van der Waals surface area contributed by atoms with Crippen molar-refractivity contribution < 1.29 is 34.2 Å². The first-order chi connectivity index (χ1) is 25.3. The number of carbonyl (C=O) groups is 3. The molecule has 3 atom stereocenters. The van der Waals surface area contributed by atoms with Gasteiger partial charge in [-0.25, -0.2) is 5.48 Å². The molecule has 4 aromatic carbocycles. The summed E-state index contributed by atoms with van der Waals surface area (Å²) >= 11 is 1.69. The Labute approximate surface area is 309 Å². The van der Waals surface area contributed by atoms with Crippen LogP contribution in [0.25, 0.3) is 11.1 Å². The average molecular weight is 726 g/mol. The molecule has 10 nitrogen and oxygen atoms in total. The zero-order chi connectivity index (χ0) is 36.7. The van der Waals surface area contributed by atoms with Crippen LogP contribution in [0.5, 0.6) is 0 Å². The summed E-state index contributed by atoms with van der Waals surface area (Å²) in [5.41, 5.74) is 8.18. The van der Waals surface area contributed by atoms with Gasteiger partial charge in [0.05, 0.1) is 18.8 Å². The Kier molecular flexibility index (Phi) is 14.8. The van der Waals surface area contributed by atoms with Gasteiger partial charge in [0.1, 0.15) is 0 Å². The monoisotopic (exact) mass is 725 g/mol. The summed E-state index contributed by atoms with van der Waals surface area (Å²) in [6.45, 7) is 1.89. The van der Waals surface area contributed by atoms with Gasteiger partial charge < -0.3 is 25.2 Å². The van der Waals surface area contributed by atoms with Gasteiger partial charge in [-0.15, -0.1) is 11.8 Å². The van der Waals surface area contributed by atoms with E-state index in [1.165, 1.54) is 6.92 Å². The number of aliphatic hydroxyl groups is 1. The molecule has 4 aromatic rings. The smallest absolute Gasteiger partial charge is 0.243 e. The minimum atomic E-state index is -0.599. The number of aliphatic hydroxyl groups excluding tert-OH is 1. The predicted octanol–water partition coefficient (Wildman–Crippen LogP) is 7.60. The van der Waals surface area contributed by atoms with Gasteiger partial charge in [-0.2, -0.15) is 0 Å². The highest BCUT2D eigenvalue weighted by molar-refractivity contribution is 7.99. The first-order valence-corrected chi connectivity index (χ1v) is 18.7. The van der Waals surface area contributed by atoms with Crippen LogP contribution in [0.3, 0.4) is 0 Å². The van der Waals surface area contributed by atoms with E-state index in [9.17, 15) is 19.5 Å². The number of amides is 3. The molecule has 0 aliphatic carbocycles. The summed E-state index contributed by atoms with van der Waals surface area (Å²) in [5.74, 6) is 0.204. The van der Waals surface area contributed by atoms with Crippen LogP contribution in [0.15, 0.2) is 102 Å². The molecule has 1 aliphatic heterocycles. The van der Waals surface area contributed by atoms with Gasteiger partial charge in [0.2, 0.25) is 17.7 Å². The molecule has 1 saturated heterocycles. The molecular weight excluding hydrogens is 679 g/mol. The van der Waals surface area contributed by atoms with E-state index in [0.717, 1.165) is 63.2 Å². The Morgan fingerprint density at radius 3 is 2.15 bits per heavy atom. The number of ether oxygens (including phenoxy) is 2. The largest absolute Gasteiger partial charge is 0.392 e. The van der Waals surface area contributed by atoms with Crippen molar-refractivity contribution >= 4 is 35.2 Å². The van der Waals surface area contributed by atoms with E-state index in [4.69, 9.17) is 14.7 Å². The van der Waals surface area contributed by atoms with Crippen molar-refractivity contribution in [2.24, 2.45) is 0 Å². The molecule has 0 radical (unpaired) electrons. The van der Waals surface area contributed by atoms with Crippen LogP contribution in [-0.4, -0.2) is 39.9 Å². The second-order valence-electron chi connectivity index (χ2n) is 12.9. The molecule has 5 N–H and O–H groups in total. The maximum atomic E-state index is 12.5. The quantitative estimate of drug-likeness (QED) is 0.0324. The SMILES string of the molecule is CC(=O)Nc1ccc(SC[C@@H]2C[C@H](c3ccc(CO)cc3)O[C@H](c3cccc(-c4cccc(CNC(=O)CCCCCCC(=O)NO)c4)c3)O2)cc1. The summed E-state index contributed by atoms with van der Waals surface area (Å²) in [6, 6.07) is 31.9. The lowest BCUT2D eigenvalue weighted by atomic mass is 9.99. The molecule has 0 spiro atoms. The van der Waals surface area contributed by atoms with Gasteiger partial charge in [-0.1, -0.05) is 73.5 Å².